The van der Waals surface area contributed by atoms with Gasteiger partial charge < -0.3 is 5.41 Å². The maximum absolute atomic E-state index is 8.98. The van der Waals surface area contributed by atoms with Crippen molar-refractivity contribution in [2.75, 3.05) is 0 Å². The molecule has 0 fully saturated rings. The van der Waals surface area contributed by atoms with E-state index in [-0.39, 0.29) is 0 Å². The Morgan fingerprint density at radius 1 is 0.421 bits per heavy atom. The fourth-order valence-corrected chi connectivity index (χ4v) is 8.43. The Labute approximate surface area is 333 Å². The average Bonchev–Trinajstić information content (AvgIpc) is 3.68. The molecule has 2 heteroatoms. The van der Waals surface area contributed by atoms with Crippen LogP contribution in [0.15, 0.2) is 211 Å². The first kappa shape index (κ1) is 34.1. The molecule has 0 saturated heterocycles. The minimum absolute atomic E-state index is 0.412. The SMILES string of the molecule is N=C(/C=C(\N=Cc1ccc(-c2ccc(-c3cccc4c3Cc3c-4ccc4ccccc34)cc2)c2ccccc12)c1cccc(-c2ccccc2)c1)c1ccccc1. The lowest BCUT2D eigenvalue weighted by Crippen LogP contribution is -1.97. The monoisotopic (exact) mass is 726 g/mol. The molecule has 57 heavy (non-hydrogen) atoms. The molecule has 0 aromatic heterocycles. The van der Waals surface area contributed by atoms with Gasteiger partial charge in [0.2, 0.25) is 0 Å². The Morgan fingerprint density at radius 3 is 1.82 bits per heavy atom. The van der Waals surface area contributed by atoms with Crippen LogP contribution in [0.4, 0.5) is 0 Å². The summed E-state index contributed by atoms with van der Waals surface area (Å²) < 4.78 is 0. The third-order valence-electron chi connectivity index (χ3n) is 11.3. The number of benzene rings is 9. The molecule has 0 unspecified atom stereocenters. The Morgan fingerprint density at radius 2 is 1.02 bits per heavy atom. The highest BCUT2D eigenvalue weighted by Gasteiger charge is 2.23. The summed E-state index contributed by atoms with van der Waals surface area (Å²) in [5.74, 6) is 0. The molecule has 9 aromatic rings. The van der Waals surface area contributed by atoms with Crippen LogP contribution >= 0.6 is 0 Å². The molecular weight excluding hydrogens is 689 g/mol. The van der Waals surface area contributed by atoms with Crippen molar-refractivity contribution in [3.63, 3.8) is 0 Å². The number of allylic oxidation sites excluding steroid dienone is 1. The predicted molar refractivity (Wildman–Crippen MR) is 241 cm³/mol. The minimum atomic E-state index is 0.412. The zero-order chi connectivity index (χ0) is 38.1. The van der Waals surface area contributed by atoms with Gasteiger partial charge in [-0.15, -0.1) is 0 Å². The summed E-state index contributed by atoms with van der Waals surface area (Å²) in [5, 5.41) is 13.9. The number of hydrogen-bond donors (Lipinski definition) is 1. The molecular formula is C55H38N2. The highest BCUT2D eigenvalue weighted by atomic mass is 14.7. The first-order chi connectivity index (χ1) is 28.2. The molecule has 0 aliphatic heterocycles. The molecule has 0 heterocycles. The average molecular weight is 727 g/mol. The summed E-state index contributed by atoms with van der Waals surface area (Å²) in [6.45, 7) is 0. The molecule has 268 valence electrons. The maximum Gasteiger partial charge on any atom is 0.0723 e. The second-order valence-electron chi connectivity index (χ2n) is 14.7. The summed E-state index contributed by atoms with van der Waals surface area (Å²) in [7, 11) is 0. The van der Waals surface area contributed by atoms with E-state index in [0.717, 1.165) is 45.3 Å². The summed E-state index contributed by atoms with van der Waals surface area (Å²) in [5.41, 5.74) is 16.7. The Kier molecular flexibility index (Phi) is 8.78. The predicted octanol–water partition coefficient (Wildman–Crippen LogP) is 14.1. The number of nitrogens with one attached hydrogen (secondary N) is 1. The van der Waals surface area contributed by atoms with E-state index in [0.29, 0.717) is 5.71 Å². The molecule has 0 saturated carbocycles. The molecule has 0 bridgehead atoms. The van der Waals surface area contributed by atoms with Crippen molar-refractivity contribution >= 4 is 39.2 Å². The van der Waals surface area contributed by atoms with Crippen LogP contribution in [0, 0.1) is 5.41 Å². The van der Waals surface area contributed by atoms with E-state index in [1.807, 2.05) is 48.7 Å². The smallest absolute Gasteiger partial charge is 0.0723 e. The second-order valence-corrected chi connectivity index (χ2v) is 14.7. The van der Waals surface area contributed by atoms with Crippen LogP contribution in [0.25, 0.3) is 71.7 Å². The fourth-order valence-electron chi connectivity index (χ4n) is 8.43. The molecule has 2 nitrogen and oxygen atoms in total. The molecule has 0 radical (unpaired) electrons. The van der Waals surface area contributed by atoms with Crippen LogP contribution in [0.1, 0.15) is 27.8 Å². The van der Waals surface area contributed by atoms with Gasteiger partial charge in [-0.1, -0.05) is 194 Å². The molecule has 1 N–H and O–H groups in total. The van der Waals surface area contributed by atoms with Gasteiger partial charge in [0.1, 0.15) is 0 Å². The van der Waals surface area contributed by atoms with Crippen molar-refractivity contribution in [3.8, 4) is 44.5 Å². The van der Waals surface area contributed by atoms with Crippen LogP contribution < -0.4 is 0 Å². The third-order valence-corrected chi connectivity index (χ3v) is 11.3. The lowest BCUT2D eigenvalue weighted by atomic mass is 9.92. The van der Waals surface area contributed by atoms with Gasteiger partial charge in [0.25, 0.3) is 0 Å². The quantitative estimate of drug-likeness (QED) is 0.151. The molecule has 0 amide bonds. The summed E-state index contributed by atoms with van der Waals surface area (Å²) in [4.78, 5) is 5.12. The fraction of sp³-hybridized carbons (Fsp3) is 0.0182. The molecule has 10 rings (SSSR count). The van der Waals surface area contributed by atoms with Crippen LogP contribution in [-0.2, 0) is 6.42 Å². The van der Waals surface area contributed by atoms with Crippen LogP contribution in [-0.4, -0.2) is 11.9 Å². The van der Waals surface area contributed by atoms with Crippen LogP contribution in [0.2, 0.25) is 0 Å². The summed E-state index contributed by atoms with van der Waals surface area (Å²) >= 11 is 0. The van der Waals surface area contributed by atoms with Gasteiger partial charge >= 0.3 is 0 Å². The number of nitrogens with zero attached hydrogens (tertiary/aromatic N) is 1. The zero-order valence-corrected chi connectivity index (χ0v) is 31.4. The van der Waals surface area contributed by atoms with Crippen molar-refractivity contribution in [2.24, 2.45) is 4.99 Å². The van der Waals surface area contributed by atoms with Crippen molar-refractivity contribution in [3.05, 3.63) is 234 Å². The van der Waals surface area contributed by atoms with E-state index >= 15 is 0 Å². The van der Waals surface area contributed by atoms with Crippen molar-refractivity contribution in [2.45, 2.75) is 6.42 Å². The van der Waals surface area contributed by atoms with Gasteiger partial charge in [-0.05, 0) is 101 Å². The highest BCUT2D eigenvalue weighted by Crippen LogP contribution is 2.44. The van der Waals surface area contributed by atoms with E-state index in [2.05, 4.69) is 164 Å². The largest absolute Gasteiger partial charge is 0.300 e. The van der Waals surface area contributed by atoms with E-state index in [1.54, 1.807) is 0 Å². The zero-order valence-electron chi connectivity index (χ0n) is 31.4. The van der Waals surface area contributed by atoms with E-state index in [4.69, 9.17) is 10.4 Å². The first-order valence-corrected chi connectivity index (χ1v) is 19.5. The van der Waals surface area contributed by atoms with Gasteiger partial charge in [-0.3, -0.25) is 4.99 Å². The number of rotatable bonds is 8. The van der Waals surface area contributed by atoms with Crippen molar-refractivity contribution in [1.29, 1.82) is 5.41 Å². The van der Waals surface area contributed by atoms with E-state index < -0.39 is 0 Å². The summed E-state index contributed by atoms with van der Waals surface area (Å²) in [6.07, 6.45) is 4.77. The standard InChI is InChI=1S/C55H38N2/c56-54(41-16-5-2-6-17-41)35-55(43-19-11-18-42(33-43)37-13-3-1-4-14-37)57-36-44-30-31-48(49-22-10-9-21-47(44)49)40-27-25-39(26-28-40)46-23-12-24-50-51-32-29-38-15-7-8-20-45(38)53(51)34-52(46)50/h1-33,35-36,56H,34H2/b55-35-,56-54?,57-36?. The normalized spacial score (nSPS) is 12.2. The number of fused-ring (bicyclic) bond motifs is 6. The first-order valence-electron chi connectivity index (χ1n) is 19.5. The van der Waals surface area contributed by atoms with Gasteiger partial charge in [-0.2, -0.15) is 0 Å². The van der Waals surface area contributed by atoms with Crippen molar-refractivity contribution < 1.29 is 0 Å². The highest BCUT2D eigenvalue weighted by molar-refractivity contribution is 6.12. The number of hydrogen-bond acceptors (Lipinski definition) is 2. The van der Waals surface area contributed by atoms with Crippen LogP contribution in [0.3, 0.4) is 0 Å². The second kappa shape index (κ2) is 14.7. The Balaban J connectivity index is 0.987. The number of aliphatic imine (C=N–C) groups is 1. The lowest BCUT2D eigenvalue weighted by molar-refractivity contribution is 1.28. The van der Waals surface area contributed by atoms with Gasteiger partial charge in [0.05, 0.1) is 11.4 Å². The molecule has 1 aliphatic carbocycles. The molecule has 0 atom stereocenters. The van der Waals surface area contributed by atoms with Crippen LogP contribution in [0.5, 0.6) is 0 Å². The van der Waals surface area contributed by atoms with Crippen molar-refractivity contribution in [1.82, 2.24) is 0 Å². The molecule has 0 spiro atoms. The Hall–Kier alpha value is -7.42. The molecule has 9 aromatic carbocycles. The topological polar surface area (TPSA) is 36.2 Å². The summed E-state index contributed by atoms with van der Waals surface area (Å²) in [6, 6.07) is 70.7. The van der Waals surface area contributed by atoms with E-state index in [9.17, 15) is 0 Å². The Bertz CT molecular complexity index is 3030. The maximum atomic E-state index is 8.98. The van der Waals surface area contributed by atoms with Gasteiger partial charge in [0.15, 0.2) is 0 Å². The van der Waals surface area contributed by atoms with E-state index in [1.165, 1.54) is 60.7 Å². The third kappa shape index (κ3) is 6.48. The minimum Gasteiger partial charge on any atom is -0.300 e. The van der Waals surface area contributed by atoms with Gasteiger partial charge in [-0.25, -0.2) is 0 Å². The molecule has 1 aliphatic rings. The lowest BCUT2D eigenvalue weighted by Gasteiger charge is -2.12. The van der Waals surface area contributed by atoms with Gasteiger partial charge in [0, 0.05) is 17.3 Å².